The first kappa shape index (κ1) is 14.8. The fourth-order valence-electron chi connectivity index (χ4n) is 4.60. The largest absolute Gasteiger partial charge is 0.374 e. The van der Waals surface area contributed by atoms with Gasteiger partial charge in [0.2, 0.25) is 0 Å². The van der Waals surface area contributed by atoms with Crippen molar-refractivity contribution in [2.75, 3.05) is 19.7 Å². The molecule has 3 aliphatic rings. The number of piperidine rings is 2. The molecule has 3 saturated heterocycles. The van der Waals surface area contributed by atoms with Gasteiger partial charge in [-0.05, 0) is 58.4 Å². The summed E-state index contributed by atoms with van der Waals surface area (Å²) in [6.07, 6.45) is 10.7. The van der Waals surface area contributed by atoms with E-state index in [-0.39, 0.29) is 5.60 Å². The van der Waals surface area contributed by atoms with E-state index >= 15 is 0 Å². The minimum absolute atomic E-state index is 0.136. The van der Waals surface area contributed by atoms with Crippen LogP contribution in [0.3, 0.4) is 0 Å². The van der Waals surface area contributed by atoms with E-state index in [9.17, 15) is 0 Å². The van der Waals surface area contributed by atoms with Gasteiger partial charge in [0.05, 0.1) is 5.60 Å². The summed E-state index contributed by atoms with van der Waals surface area (Å²) in [4.78, 5) is 2.82. The van der Waals surface area contributed by atoms with Crippen molar-refractivity contribution in [1.29, 1.82) is 0 Å². The third-order valence-electron chi connectivity index (χ3n) is 5.63. The van der Waals surface area contributed by atoms with Crippen molar-refractivity contribution in [2.45, 2.75) is 88.9 Å². The molecule has 3 unspecified atom stereocenters. The van der Waals surface area contributed by atoms with Gasteiger partial charge in [-0.3, -0.25) is 4.90 Å². The Morgan fingerprint density at radius 2 is 1.95 bits per heavy atom. The van der Waals surface area contributed by atoms with E-state index in [2.05, 4.69) is 24.1 Å². The molecule has 116 valence electrons. The van der Waals surface area contributed by atoms with Gasteiger partial charge in [0, 0.05) is 31.3 Å². The molecule has 3 rings (SSSR count). The van der Waals surface area contributed by atoms with Crippen LogP contribution in [0.25, 0.3) is 0 Å². The van der Waals surface area contributed by atoms with Crippen molar-refractivity contribution in [2.24, 2.45) is 0 Å². The SMILES string of the molecule is CCCNC1CC2CCCC(C1)N2CC1(C)CCCO1. The molecule has 0 aromatic carbocycles. The molecule has 3 heteroatoms. The van der Waals surface area contributed by atoms with Crippen LogP contribution in [-0.4, -0.2) is 48.3 Å². The summed E-state index contributed by atoms with van der Waals surface area (Å²) in [7, 11) is 0. The average molecular weight is 280 g/mol. The summed E-state index contributed by atoms with van der Waals surface area (Å²) in [6.45, 7) is 7.92. The molecule has 3 fully saturated rings. The maximum Gasteiger partial charge on any atom is 0.0781 e. The van der Waals surface area contributed by atoms with E-state index in [0.29, 0.717) is 0 Å². The van der Waals surface area contributed by atoms with Gasteiger partial charge in [-0.2, -0.15) is 0 Å². The fourth-order valence-corrected chi connectivity index (χ4v) is 4.60. The minimum Gasteiger partial charge on any atom is -0.374 e. The zero-order valence-electron chi connectivity index (χ0n) is 13.4. The number of nitrogens with zero attached hydrogens (tertiary/aromatic N) is 1. The van der Waals surface area contributed by atoms with Crippen molar-refractivity contribution in [3.63, 3.8) is 0 Å². The molecule has 3 atom stereocenters. The van der Waals surface area contributed by atoms with E-state index in [1.54, 1.807) is 0 Å². The first-order valence-corrected chi connectivity index (χ1v) is 8.83. The Bertz CT molecular complexity index is 300. The lowest BCUT2D eigenvalue weighted by atomic mass is 9.80. The summed E-state index contributed by atoms with van der Waals surface area (Å²) < 4.78 is 6.04. The molecule has 0 radical (unpaired) electrons. The first-order chi connectivity index (χ1) is 9.70. The normalized spacial score (nSPS) is 42.0. The first-order valence-electron chi connectivity index (χ1n) is 8.83. The standard InChI is InChI=1S/C17H32N2O/c1-3-9-18-14-11-15-6-4-7-16(12-14)19(15)13-17(2)8-5-10-20-17/h14-16,18H,3-13H2,1-2H3. The Morgan fingerprint density at radius 3 is 2.55 bits per heavy atom. The Hall–Kier alpha value is -0.120. The van der Waals surface area contributed by atoms with Crippen LogP contribution in [0.2, 0.25) is 0 Å². The minimum atomic E-state index is 0.136. The van der Waals surface area contributed by atoms with Crippen molar-refractivity contribution in [3.05, 3.63) is 0 Å². The molecule has 0 amide bonds. The highest BCUT2D eigenvalue weighted by Gasteiger charge is 2.42. The van der Waals surface area contributed by atoms with E-state index in [1.807, 2.05) is 0 Å². The second kappa shape index (κ2) is 6.33. The molecule has 3 heterocycles. The number of nitrogens with one attached hydrogen (secondary N) is 1. The van der Waals surface area contributed by atoms with Crippen LogP contribution in [0.4, 0.5) is 0 Å². The molecule has 0 spiro atoms. The average Bonchev–Trinajstić information content (AvgIpc) is 2.83. The van der Waals surface area contributed by atoms with Crippen LogP contribution in [0, 0.1) is 0 Å². The zero-order chi connectivity index (χ0) is 14.0. The Balaban J connectivity index is 1.61. The predicted molar refractivity (Wildman–Crippen MR) is 83.0 cm³/mol. The number of ether oxygens (including phenoxy) is 1. The lowest BCUT2D eigenvalue weighted by Gasteiger charge is -2.51. The van der Waals surface area contributed by atoms with E-state index < -0.39 is 0 Å². The number of fused-ring (bicyclic) bond motifs is 2. The summed E-state index contributed by atoms with van der Waals surface area (Å²) in [5, 5.41) is 3.77. The van der Waals surface area contributed by atoms with Gasteiger partial charge in [0.25, 0.3) is 0 Å². The van der Waals surface area contributed by atoms with Gasteiger partial charge < -0.3 is 10.1 Å². The lowest BCUT2D eigenvalue weighted by Crippen LogP contribution is -2.59. The Morgan fingerprint density at radius 1 is 1.20 bits per heavy atom. The Kier molecular flexibility index (Phi) is 4.68. The summed E-state index contributed by atoms with van der Waals surface area (Å²) >= 11 is 0. The van der Waals surface area contributed by atoms with Gasteiger partial charge >= 0.3 is 0 Å². The van der Waals surface area contributed by atoms with Gasteiger partial charge in [0.15, 0.2) is 0 Å². The van der Waals surface area contributed by atoms with Gasteiger partial charge in [-0.15, -0.1) is 0 Å². The molecular weight excluding hydrogens is 248 g/mol. The second-order valence-electron chi connectivity index (χ2n) is 7.44. The molecule has 0 saturated carbocycles. The van der Waals surface area contributed by atoms with E-state index in [0.717, 1.165) is 24.7 Å². The number of hydrogen-bond acceptors (Lipinski definition) is 3. The molecular formula is C17H32N2O. The van der Waals surface area contributed by atoms with E-state index in [1.165, 1.54) is 64.5 Å². The third-order valence-corrected chi connectivity index (χ3v) is 5.63. The molecule has 2 bridgehead atoms. The molecule has 0 aromatic heterocycles. The number of rotatable bonds is 5. The highest BCUT2D eigenvalue weighted by atomic mass is 16.5. The maximum atomic E-state index is 6.04. The number of hydrogen-bond donors (Lipinski definition) is 1. The van der Waals surface area contributed by atoms with E-state index in [4.69, 9.17) is 4.74 Å². The van der Waals surface area contributed by atoms with Crippen LogP contribution in [-0.2, 0) is 4.74 Å². The van der Waals surface area contributed by atoms with Gasteiger partial charge in [-0.1, -0.05) is 13.3 Å². The van der Waals surface area contributed by atoms with Crippen molar-refractivity contribution in [1.82, 2.24) is 10.2 Å². The molecule has 0 aliphatic carbocycles. The van der Waals surface area contributed by atoms with Crippen LogP contribution in [0.15, 0.2) is 0 Å². The monoisotopic (exact) mass is 280 g/mol. The maximum absolute atomic E-state index is 6.04. The van der Waals surface area contributed by atoms with Gasteiger partial charge in [0.1, 0.15) is 0 Å². The summed E-state index contributed by atoms with van der Waals surface area (Å²) in [5.74, 6) is 0. The molecule has 3 nitrogen and oxygen atoms in total. The highest BCUT2D eigenvalue weighted by molar-refractivity contribution is 4.98. The molecule has 20 heavy (non-hydrogen) atoms. The summed E-state index contributed by atoms with van der Waals surface area (Å²) in [6, 6.07) is 2.37. The quantitative estimate of drug-likeness (QED) is 0.838. The fraction of sp³-hybridized carbons (Fsp3) is 1.00. The second-order valence-corrected chi connectivity index (χ2v) is 7.44. The molecule has 1 N–H and O–H groups in total. The van der Waals surface area contributed by atoms with Crippen LogP contribution >= 0.6 is 0 Å². The lowest BCUT2D eigenvalue weighted by molar-refractivity contribution is -0.0605. The third kappa shape index (κ3) is 3.20. The van der Waals surface area contributed by atoms with Gasteiger partial charge in [-0.25, -0.2) is 0 Å². The smallest absolute Gasteiger partial charge is 0.0781 e. The van der Waals surface area contributed by atoms with Crippen LogP contribution in [0.1, 0.15) is 65.2 Å². The van der Waals surface area contributed by atoms with Crippen LogP contribution in [0.5, 0.6) is 0 Å². The van der Waals surface area contributed by atoms with Crippen molar-refractivity contribution in [3.8, 4) is 0 Å². The topological polar surface area (TPSA) is 24.5 Å². The highest BCUT2D eigenvalue weighted by Crippen LogP contribution is 2.37. The van der Waals surface area contributed by atoms with Crippen molar-refractivity contribution >= 4 is 0 Å². The zero-order valence-corrected chi connectivity index (χ0v) is 13.4. The van der Waals surface area contributed by atoms with Crippen LogP contribution < -0.4 is 5.32 Å². The van der Waals surface area contributed by atoms with Crippen molar-refractivity contribution < 1.29 is 4.74 Å². The Labute approximate surface area is 124 Å². The molecule has 0 aromatic rings. The molecule has 3 aliphatic heterocycles. The summed E-state index contributed by atoms with van der Waals surface area (Å²) in [5.41, 5.74) is 0.136. The predicted octanol–water partition coefficient (Wildman–Crippen LogP) is 2.94.